The van der Waals surface area contributed by atoms with Crippen molar-refractivity contribution in [3.63, 3.8) is 0 Å². The molecule has 2 saturated carbocycles. The maximum absolute atomic E-state index is 6.08. The maximum atomic E-state index is 6.08. The van der Waals surface area contributed by atoms with Crippen LogP contribution in [0.15, 0.2) is 12.2 Å². The Hall–Kier alpha value is 0.660. The largest absolute Gasteiger partial charge is 0.319 e. The molecular formula is C16H27O2PS2. The third-order valence-electron chi connectivity index (χ3n) is 4.89. The molecule has 0 aliphatic heterocycles. The van der Waals surface area contributed by atoms with E-state index in [1.807, 2.05) is 11.4 Å². The van der Waals surface area contributed by atoms with E-state index in [9.17, 15) is 0 Å². The molecule has 2 fully saturated rings. The summed E-state index contributed by atoms with van der Waals surface area (Å²) in [7, 11) is 0. The standard InChI is InChI=1S/C16H27O2PS2/c1-10(2)17-19(20,18-11(3)4)21-16-9-12-8-15(16)14-7-5-6-13(12)14/h5,7,10-16H,6,8-9H2,1-4H3. The van der Waals surface area contributed by atoms with Crippen molar-refractivity contribution in [1.29, 1.82) is 0 Å². The van der Waals surface area contributed by atoms with Gasteiger partial charge in [-0.05, 0) is 82.4 Å². The molecule has 5 unspecified atom stereocenters. The van der Waals surface area contributed by atoms with Crippen molar-refractivity contribution in [2.24, 2.45) is 23.7 Å². The van der Waals surface area contributed by atoms with Crippen LogP contribution >= 0.6 is 17.1 Å². The lowest BCUT2D eigenvalue weighted by atomic mass is 9.81. The lowest BCUT2D eigenvalue weighted by molar-refractivity contribution is 0.185. The normalized spacial score (nSPS) is 37.9. The molecule has 3 aliphatic rings. The van der Waals surface area contributed by atoms with Gasteiger partial charge in [0.2, 0.25) is 5.69 Å². The van der Waals surface area contributed by atoms with E-state index in [1.165, 1.54) is 19.3 Å². The van der Waals surface area contributed by atoms with E-state index in [0.717, 1.165) is 23.7 Å². The molecule has 21 heavy (non-hydrogen) atoms. The van der Waals surface area contributed by atoms with E-state index < -0.39 is 5.69 Å². The summed E-state index contributed by atoms with van der Waals surface area (Å²) in [6.45, 7) is 8.23. The van der Waals surface area contributed by atoms with Crippen LogP contribution in [0.1, 0.15) is 47.0 Å². The second-order valence-electron chi connectivity index (χ2n) is 7.20. The predicted octanol–water partition coefficient (Wildman–Crippen LogP) is 5.39. The molecule has 5 atom stereocenters. The van der Waals surface area contributed by atoms with Gasteiger partial charge in [0.05, 0.1) is 12.2 Å². The van der Waals surface area contributed by atoms with Gasteiger partial charge < -0.3 is 9.05 Å². The van der Waals surface area contributed by atoms with Gasteiger partial charge in [0.15, 0.2) is 0 Å². The van der Waals surface area contributed by atoms with Gasteiger partial charge in [-0.1, -0.05) is 23.5 Å². The zero-order valence-corrected chi connectivity index (χ0v) is 15.9. The quantitative estimate of drug-likeness (QED) is 0.473. The average Bonchev–Trinajstić information content (AvgIpc) is 2.94. The van der Waals surface area contributed by atoms with Crippen LogP contribution < -0.4 is 0 Å². The topological polar surface area (TPSA) is 18.5 Å². The molecule has 0 heterocycles. The van der Waals surface area contributed by atoms with Crippen LogP contribution in [0.25, 0.3) is 0 Å². The van der Waals surface area contributed by atoms with E-state index in [4.69, 9.17) is 20.9 Å². The van der Waals surface area contributed by atoms with Gasteiger partial charge in [-0.2, -0.15) is 0 Å². The molecule has 0 radical (unpaired) electrons. The second-order valence-corrected chi connectivity index (χ2v) is 13.5. The van der Waals surface area contributed by atoms with E-state index >= 15 is 0 Å². The average molecular weight is 346 g/mol. The van der Waals surface area contributed by atoms with E-state index in [-0.39, 0.29) is 12.2 Å². The van der Waals surface area contributed by atoms with E-state index in [1.54, 1.807) is 0 Å². The Kier molecular flexibility index (Phi) is 4.94. The van der Waals surface area contributed by atoms with Crippen molar-refractivity contribution < 1.29 is 9.05 Å². The molecule has 2 bridgehead atoms. The molecule has 3 aliphatic carbocycles. The summed E-state index contributed by atoms with van der Waals surface area (Å²) in [5.74, 6) is 3.45. The Balaban J connectivity index is 1.69. The monoisotopic (exact) mass is 346 g/mol. The summed E-state index contributed by atoms with van der Waals surface area (Å²) in [5.41, 5.74) is -2.22. The van der Waals surface area contributed by atoms with Crippen LogP contribution in [0.2, 0.25) is 0 Å². The molecule has 2 nitrogen and oxygen atoms in total. The molecule has 0 spiro atoms. The van der Waals surface area contributed by atoms with Crippen molar-refractivity contribution in [2.45, 2.75) is 64.4 Å². The van der Waals surface area contributed by atoms with Gasteiger partial charge in [0.1, 0.15) is 0 Å². The third-order valence-corrected chi connectivity index (χ3v) is 10.7. The van der Waals surface area contributed by atoms with Crippen LogP contribution in [-0.2, 0) is 20.9 Å². The van der Waals surface area contributed by atoms with Gasteiger partial charge >= 0.3 is 0 Å². The van der Waals surface area contributed by atoms with Crippen molar-refractivity contribution in [2.75, 3.05) is 0 Å². The summed E-state index contributed by atoms with van der Waals surface area (Å²) in [6, 6.07) is 0. The molecule has 0 aromatic rings. The second kappa shape index (κ2) is 6.28. The number of hydrogen-bond acceptors (Lipinski definition) is 4. The SMILES string of the molecule is CC(C)OP(=S)(OC(C)C)SC1CC2CC1C1C=CCC21. The first-order valence-electron chi connectivity index (χ1n) is 8.20. The Labute approximate surface area is 138 Å². The van der Waals surface area contributed by atoms with Crippen LogP contribution in [0.5, 0.6) is 0 Å². The lowest BCUT2D eigenvalue weighted by Crippen LogP contribution is -2.26. The highest BCUT2D eigenvalue weighted by Gasteiger charge is 2.53. The van der Waals surface area contributed by atoms with Gasteiger partial charge in [-0.15, -0.1) is 0 Å². The van der Waals surface area contributed by atoms with E-state index in [2.05, 4.69) is 39.8 Å². The molecule has 0 aromatic carbocycles. The van der Waals surface area contributed by atoms with Crippen molar-refractivity contribution >= 4 is 28.9 Å². The first-order chi connectivity index (χ1) is 9.88. The van der Waals surface area contributed by atoms with Crippen LogP contribution in [-0.4, -0.2) is 17.5 Å². The highest BCUT2D eigenvalue weighted by molar-refractivity contribution is 8.68. The zero-order valence-electron chi connectivity index (χ0n) is 13.4. The fourth-order valence-electron chi connectivity index (χ4n) is 4.36. The Morgan fingerprint density at radius 1 is 1.10 bits per heavy atom. The van der Waals surface area contributed by atoms with Gasteiger partial charge in [0.25, 0.3) is 0 Å². The Morgan fingerprint density at radius 2 is 1.76 bits per heavy atom. The number of allylic oxidation sites excluding steroid dienone is 2. The highest BCUT2D eigenvalue weighted by atomic mass is 32.9. The van der Waals surface area contributed by atoms with E-state index in [0.29, 0.717) is 5.25 Å². The smallest absolute Gasteiger partial charge is 0.248 e. The number of fused-ring (bicyclic) bond motifs is 5. The summed E-state index contributed by atoms with van der Waals surface area (Å²) in [5, 5.41) is 0.641. The fourth-order valence-corrected chi connectivity index (χ4v) is 11.7. The summed E-state index contributed by atoms with van der Waals surface area (Å²) >= 11 is 7.71. The van der Waals surface area contributed by atoms with Crippen LogP contribution in [0.3, 0.4) is 0 Å². The lowest BCUT2D eigenvalue weighted by Gasteiger charge is -2.34. The summed E-state index contributed by atoms with van der Waals surface area (Å²) in [4.78, 5) is 0. The van der Waals surface area contributed by atoms with Crippen LogP contribution in [0.4, 0.5) is 0 Å². The van der Waals surface area contributed by atoms with Crippen molar-refractivity contribution in [3.05, 3.63) is 12.2 Å². The fraction of sp³-hybridized carbons (Fsp3) is 0.875. The minimum Gasteiger partial charge on any atom is -0.319 e. The molecule has 3 rings (SSSR count). The Morgan fingerprint density at radius 3 is 2.38 bits per heavy atom. The summed E-state index contributed by atoms with van der Waals surface area (Å²) < 4.78 is 12.2. The maximum Gasteiger partial charge on any atom is 0.248 e. The Bertz CT molecular complexity index is 449. The molecule has 120 valence electrons. The minimum atomic E-state index is -2.22. The van der Waals surface area contributed by atoms with Gasteiger partial charge in [0, 0.05) is 5.25 Å². The van der Waals surface area contributed by atoms with Gasteiger partial charge in [-0.25, -0.2) is 0 Å². The molecular weight excluding hydrogens is 319 g/mol. The third kappa shape index (κ3) is 3.45. The molecule has 5 heteroatoms. The molecule has 0 saturated heterocycles. The first kappa shape index (κ1) is 16.5. The van der Waals surface area contributed by atoms with Crippen LogP contribution in [0, 0.1) is 23.7 Å². The molecule has 0 aromatic heterocycles. The van der Waals surface area contributed by atoms with Crippen molar-refractivity contribution in [1.82, 2.24) is 0 Å². The molecule has 0 amide bonds. The zero-order chi connectivity index (χ0) is 15.2. The highest BCUT2D eigenvalue weighted by Crippen LogP contribution is 2.70. The predicted molar refractivity (Wildman–Crippen MR) is 95.1 cm³/mol. The van der Waals surface area contributed by atoms with Crippen molar-refractivity contribution in [3.8, 4) is 0 Å². The first-order valence-corrected chi connectivity index (χ1v) is 12.3. The van der Waals surface area contributed by atoms with Gasteiger partial charge in [-0.3, -0.25) is 0 Å². The molecule has 0 N–H and O–H groups in total. The summed E-state index contributed by atoms with van der Waals surface area (Å²) in [6.07, 6.45) is 9.17. The number of hydrogen-bond donors (Lipinski definition) is 0. The minimum absolute atomic E-state index is 0.139. The number of rotatable bonds is 6.